The van der Waals surface area contributed by atoms with Crippen molar-refractivity contribution in [2.24, 2.45) is 0 Å². The summed E-state index contributed by atoms with van der Waals surface area (Å²) in [6.07, 6.45) is 0. The van der Waals surface area contributed by atoms with Gasteiger partial charge in [0.05, 0.1) is 4.48 Å². The van der Waals surface area contributed by atoms with Crippen molar-refractivity contribution in [3.8, 4) is 5.75 Å². The van der Waals surface area contributed by atoms with E-state index >= 15 is 0 Å². The van der Waals surface area contributed by atoms with Gasteiger partial charge in [-0.25, -0.2) is 5.48 Å². The van der Waals surface area contributed by atoms with Gasteiger partial charge in [0.2, 0.25) is 0 Å². The zero-order valence-electron chi connectivity index (χ0n) is 5.97. The molecule has 0 saturated heterocycles. The van der Waals surface area contributed by atoms with E-state index in [9.17, 15) is 0 Å². The van der Waals surface area contributed by atoms with Crippen molar-refractivity contribution < 1.29 is 4.84 Å². The minimum atomic E-state index is 0.807. The van der Waals surface area contributed by atoms with E-state index < -0.39 is 0 Å². The van der Waals surface area contributed by atoms with Crippen molar-refractivity contribution in [3.05, 3.63) is 34.4 Å². The Bertz CT molecular complexity index is 349. The van der Waals surface area contributed by atoms with Gasteiger partial charge in [-0.2, -0.15) is 0 Å². The van der Waals surface area contributed by atoms with Crippen molar-refractivity contribution in [1.29, 1.82) is 0 Å². The molecule has 2 nitrogen and oxygen atoms in total. The van der Waals surface area contributed by atoms with Gasteiger partial charge in [-0.15, -0.1) is 0 Å². The summed E-state index contributed by atoms with van der Waals surface area (Å²) in [5, 5.41) is 0. The van der Waals surface area contributed by atoms with Gasteiger partial charge in [0.15, 0.2) is 5.75 Å². The molecule has 0 amide bonds. The lowest BCUT2D eigenvalue weighted by atomic mass is 10.2. The number of hydroxylamine groups is 1. The molecule has 1 aliphatic rings. The topological polar surface area (TPSA) is 21.3 Å². The van der Waals surface area contributed by atoms with Crippen LogP contribution in [-0.2, 0) is 0 Å². The fraction of sp³-hybridized carbons (Fsp3) is 0. The predicted octanol–water partition coefficient (Wildman–Crippen LogP) is 3.00. The fourth-order valence-electron chi connectivity index (χ4n) is 1.000. The number of halogens is 2. The SMILES string of the molecule is BrC1=C(Br)c2ccccc2ON1. The zero-order chi connectivity index (χ0) is 8.55. The highest BCUT2D eigenvalue weighted by Gasteiger charge is 2.15. The quantitative estimate of drug-likeness (QED) is 0.742. The number of benzene rings is 1. The molecule has 1 aromatic carbocycles. The highest BCUT2D eigenvalue weighted by atomic mass is 79.9. The van der Waals surface area contributed by atoms with Crippen LogP contribution in [-0.4, -0.2) is 0 Å². The van der Waals surface area contributed by atoms with Crippen LogP contribution in [0, 0.1) is 0 Å². The summed E-state index contributed by atoms with van der Waals surface area (Å²) in [6, 6.07) is 7.79. The zero-order valence-corrected chi connectivity index (χ0v) is 9.15. The monoisotopic (exact) mass is 289 g/mol. The van der Waals surface area contributed by atoms with Crippen LogP contribution < -0.4 is 10.3 Å². The van der Waals surface area contributed by atoms with Gasteiger partial charge in [-0.05, 0) is 44.0 Å². The molecule has 2 rings (SSSR count). The maximum Gasteiger partial charge on any atom is 0.163 e. The van der Waals surface area contributed by atoms with Crippen LogP contribution in [0.4, 0.5) is 0 Å². The molecule has 0 aliphatic carbocycles. The number of rotatable bonds is 0. The van der Waals surface area contributed by atoms with Gasteiger partial charge in [-0.3, -0.25) is 0 Å². The van der Waals surface area contributed by atoms with E-state index in [1.54, 1.807) is 0 Å². The second-order valence-electron chi connectivity index (χ2n) is 2.33. The van der Waals surface area contributed by atoms with E-state index in [0.29, 0.717) is 0 Å². The largest absolute Gasteiger partial charge is 0.381 e. The molecular weight excluding hydrogens is 286 g/mol. The van der Waals surface area contributed by atoms with Gasteiger partial charge in [-0.1, -0.05) is 12.1 Å². The van der Waals surface area contributed by atoms with Crippen molar-refractivity contribution in [2.75, 3.05) is 0 Å². The number of hydrogen-bond acceptors (Lipinski definition) is 2. The lowest BCUT2D eigenvalue weighted by Crippen LogP contribution is -2.19. The molecule has 1 N–H and O–H groups in total. The van der Waals surface area contributed by atoms with E-state index in [1.165, 1.54) is 0 Å². The average Bonchev–Trinajstić information content (AvgIpc) is 2.12. The summed E-state index contributed by atoms with van der Waals surface area (Å²) in [7, 11) is 0. The molecule has 4 heteroatoms. The van der Waals surface area contributed by atoms with Crippen molar-refractivity contribution in [3.63, 3.8) is 0 Å². The van der Waals surface area contributed by atoms with Gasteiger partial charge >= 0.3 is 0 Å². The number of fused-ring (bicyclic) bond motifs is 1. The van der Waals surface area contributed by atoms with E-state index in [2.05, 4.69) is 37.3 Å². The molecule has 0 bridgehead atoms. The van der Waals surface area contributed by atoms with Crippen LogP contribution in [0.5, 0.6) is 5.75 Å². The van der Waals surface area contributed by atoms with E-state index in [1.807, 2.05) is 24.3 Å². The molecule has 0 spiro atoms. The Kier molecular flexibility index (Phi) is 2.11. The maximum atomic E-state index is 5.22. The van der Waals surface area contributed by atoms with Crippen molar-refractivity contribution in [2.45, 2.75) is 0 Å². The molecule has 0 radical (unpaired) electrons. The third-order valence-electron chi connectivity index (χ3n) is 1.57. The third-order valence-corrected chi connectivity index (χ3v) is 3.48. The molecule has 0 aromatic heterocycles. The first-order valence-corrected chi connectivity index (χ1v) is 4.95. The van der Waals surface area contributed by atoms with Gasteiger partial charge < -0.3 is 4.84 Å². The van der Waals surface area contributed by atoms with Crippen molar-refractivity contribution >= 4 is 36.3 Å². The Hall–Kier alpha value is -0.480. The fourth-order valence-corrected chi connectivity index (χ4v) is 1.70. The van der Waals surface area contributed by atoms with Crippen LogP contribution in [0.15, 0.2) is 28.9 Å². The summed E-state index contributed by atoms with van der Waals surface area (Å²) >= 11 is 6.76. The molecule has 0 fully saturated rings. The van der Waals surface area contributed by atoms with Crippen LogP contribution in [0.25, 0.3) is 4.48 Å². The second kappa shape index (κ2) is 3.11. The Labute approximate surface area is 86.8 Å². The first-order valence-electron chi connectivity index (χ1n) is 3.36. The Morgan fingerprint density at radius 3 is 2.75 bits per heavy atom. The first-order chi connectivity index (χ1) is 5.79. The standard InChI is InChI=1S/C8H5Br2NO/c9-7-5-3-1-2-4-6(5)12-11-8(7)10/h1-4,11H. The van der Waals surface area contributed by atoms with E-state index in [0.717, 1.165) is 20.4 Å². The van der Waals surface area contributed by atoms with Crippen LogP contribution in [0.2, 0.25) is 0 Å². The van der Waals surface area contributed by atoms with E-state index in [4.69, 9.17) is 4.84 Å². The Balaban J connectivity index is 2.59. The second-order valence-corrected chi connectivity index (χ2v) is 3.91. The van der Waals surface area contributed by atoms with Crippen LogP contribution in [0.3, 0.4) is 0 Å². The van der Waals surface area contributed by atoms with Gasteiger partial charge in [0.25, 0.3) is 0 Å². The normalized spacial score (nSPS) is 14.8. The Morgan fingerprint density at radius 2 is 1.92 bits per heavy atom. The molecule has 0 unspecified atom stereocenters. The number of hydrogen-bond donors (Lipinski definition) is 1. The third kappa shape index (κ3) is 1.25. The lowest BCUT2D eigenvalue weighted by Gasteiger charge is -2.17. The van der Waals surface area contributed by atoms with Gasteiger partial charge in [0, 0.05) is 5.56 Å². The minimum absolute atomic E-state index is 0.807. The summed E-state index contributed by atoms with van der Waals surface area (Å²) in [6.45, 7) is 0. The maximum absolute atomic E-state index is 5.22. The molecule has 0 saturated carbocycles. The molecule has 12 heavy (non-hydrogen) atoms. The molecular formula is C8H5Br2NO. The first kappa shape index (κ1) is 8.13. The van der Waals surface area contributed by atoms with Crippen molar-refractivity contribution in [1.82, 2.24) is 5.48 Å². The molecule has 1 heterocycles. The summed E-state index contributed by atoms with van der Waals surface area (Å²) in [4.78, 5) is 5.22. The summed E-state index contributed by atoms with van der Waals surface area (Å²) in [5.74, 6) is 0.826. The lowest BCUT2D eigenvalue weighted by molar-refractivity contribution is 0.236. The number of para-hydroxylation sites is 1. The highest BCUT2D eigenvalue weighted by molar-refractivity contribution is 9.16. The minimum Gasteiger partial charge on any atom is -0.381 e. The molecule has 1 aliphatic heterocycles. The summed E-state index contributed by atoms with van der Waals surface area (Å²) < 4.78 is 1.78. The average molecular weight is 291 g/mol. The smallest absolute Gasteiger partial charge is 0.163 e. The van der Waals surface area contributed by atoms with Gasteiger partial charge in [0.1, 0.15) is 4.61 Å². The number of nitrogens with one attached hydrogen (secondary N) is 1. The summed E-state index contributed by atoms with van der Waals surface area (Å²) in [5.41, 5.74) is 3.78. The highest BCUT2D eigenvalue weighted by Crippen LogP contribution is 2.36. The Morgan fingerprint density at radius 1 is 1.17 bits per heavy atom. The van der Waals surface area contributed by atoms with Crippen LogP contribution >= 0.6 is 31.9 Å². The van der Waals surface area contributed by atoms with E-state index in [-0.39, 0.29) is 0 Å². The predicted molar refractivity (Wildman–Crippen MR) is 55.0 cm³/mol. The molecule has 0 atom stereocenters. The van der Waals surface area contributed by atoms with Crippen LogP contribution in [0.1, 0.15) is 5.56 Å². The molecule has 1 aromatic rings. The molecule has 62 valence electrons.